The van der Waals surface area contributed by atoms with Gasteiger partial charge >= 0.3 is 6.36 Å². The number of halogens is 3. The van der Waals surface area contributed by atoms with E-state index in [2.05, 4.69) is 20.4 Å². The molecular formula is C20H22F3N3O2. The van der Waals surface area contributed by atoms with Gasteiger partial charge < -0.3 is 20.1 Å². The van der Waals surface area contributed by atoms with Crippen molar-refractivity contribution in [2.75, 3.05) is 14.2 Å². The summed E-state index contributed by atoms with van der Waals surface area (Å²) in [6.07, 6.45) is -3.99. The van der Waals surface area contributed by atoms with Gasteiger partial charge in [-0.15, -0.1) is 13.2 Å². The zero-order chi connectivity index (χ0) is 20.1. The van der Waals surface area contributed by atoms with Gasteiger partial charge in [-0.3, -0.25) is 4.99 Å². The van der Waals surface area contributed by atoms with E-state index in [1.165, 1.54) is 12.1 Å². The van der Waals surface area contributed by atoms with E-state index in [1.54, 1.807) is 26.3 Å². The quantitative estimate of drug-likeness (QED) is 0.579. The molecule has 0 radical (unpaired) electrons. The van der Waals surface area contributed by atoms with E-state index in [4.69, 9.17) is 4.74 Å². The summed E-state index contributed by atoms with van der Waals surface area (Å²) in [5, 5.41) is 6.46. The number of hydrogen-bond donors (Lipinski definition) is 2. The summed E-state index contributed by atoms with van der Waals surface area (Å²) in [5.74, 6) is 1.17. The SMILES string of the molecule is CN=C(NCc1ccc(OC)cc1)NC1CC1c1ccccc1OC(F)(F)F. The number of guanidine groups is 1. The third-order valence-electron chi connectivity index (χ3n) is 4.50. The number of aliphatic imine (C=N–C) groups is 1. The summed E-state index contributed by atoms with van der Waals surface area (Å²) >= 11 is 0. The molecule has 0 aromatic heterocycles. The maximum atomic E-state index is 12.6. The maximum absolute atomic E-state index is 12.6. The van der Waals surface area contributed by atoms with Crippen LogP contribution in [-0.4, -0.2) is 32.5 Å². The molecule has 0 spiro atoms. The van der Waals surface area contributed by atoms with Crippen molar-refractivity contribution in [1.82, 2.24) is 10.6 Å². The van der Waals surface area contributed by atoms with Crippen LogP contribution in [0.3, 0.4) is 0 Å². The summed E-state index contributed by atoms with van der Waals surface area (Å²) in [6, 6.07) is 13.9. The van der Waals surface area contributed by atoms with Crippen LogP contribution >= 0.6 is 0 Å². The molecule has 28 heavy (non-hydrogen) atoms. The lowest BCUT2D eigenvalue weighted by Crippen LogP contribution is -2.38. The molecular weight excluding hydrogens is 371 g/mol. The normalized spacial score (nSPS) is 19.1. The Labute approximate surface area is 161 Å². The van der Waals surface area contributed by atoms with Crippen molar-refractivity contribution in [2.45, 2.75) is 31.3 Å². The molecule has 2 aromatic carbocycles. The monoisotopic (exact) mass is 393 g/mol. The van der Waals surface area contributed by atoms with Crippen LogP contribution in [0.25, 0.3) is 0 Å². The second kappa shape index (κ2) is 8.41. The van der Waals surface area contributed by atoms with Gasteiger partial charge in [-0.25, -0.2) is 0 Å². The summed E-state index contributed by atoms with van der Waals surface area (Å²) < 4.78 is 47.1. The third kappa shape index (κ3) is 5.31. The van der Waals surface area contributed by atoms with Gasteiger partial charge in [0.05, 0.1) is 7.11 Å². The first-order valence-corrected chi connectivity index (χ1v) is 8.84. The van der Waals surface area contributed by atoms with E-state index in [1.807, 2.05) is 24.3 Å². The van der Waals surface area contributed by atoms with Crippen LogP contribution in [-0.2, 0) is 6.54 Å². The van der Waals surface area contributed by atoms with Crippen molar-refractivity contribution in [3.8, 4) is 11.5 Å². The minimum atomic E-state index is -4.70. The molecule has 2 N–H and O–H groups in total. The van der Waals surface area contributed by atoms with Crippen LogP contribution in [0.4, 0.5) is 13.2 Å². The second-order valence-corrected chi connectivity index (χ2v) is 6.45. The highest BCUT2D eigenvalue weighted by Gasteiger charge is 2.42. The number of benzene rings is 2. The van der Waals surface area contributed by atoms with Crippen molar-refractivity contribution in [2.24, 2.45) is 4.99 Å². The summed E-state index contributed by atoms with van der Waals surface area (Å²) in [7, 11) is 3.27. The lowest BCUT2D eigenvalue weighted by atomic mass is 10.1. The summed E-state index contributed by atoms with van der Waals surface area (Å²) in [4.78, 5) is 4.19. The molecule has 1 saturated carbocycles. The predicted molar refractivity (Wildman–Crippen MR) is 101 cm³/mol. The van der Waals surface area contributed by atoms with E-state index in [0.29, 0.717) is 24.5 Å². The molecule has 150 valence electrons. The molecule has 0 bridgehead atoms. The Bertz CT molecular complexity index is 822. The van der Waals surface area contributed by atoms with Crippen molar-refractivity contribution >= 4 is 5.96 Å². The molecule has 3 rings (SSSR count). The number of alkyl halides is 3. The predicted octanol–water partition coefficient (Wildman–Crippen LogP) is 3.81. The van der Waals surface area contributed by atoms with Gasteiger partial charge in [-0.2, -0.15) is 0 Å². The number of ether oxygens (including phenoxy) is 2. The van der Waals surface area contributed by atoms with Crippen molar-refractivity contribution < 1.29 is 22.6 Å². The number of nitrogens with one attached hydrogen (secondary N) is 2. The fourth-order valence-electron chi connectivity index (χ4n) is 3.00. The topological polar surface area (TPSA) is 54.9 Å². The van der Waals surface area contributed by atoms with Crippen molar-refractivity contribution in [3.63, 3.8) is 0 Å². The smallest absolute Gasteiger partial charge is 0.497 e. The van der Waals surface area contributed by atoms with Gasteiger partial charge in [0.15, 0.2) is 5.96 Å². The summed E-state index contributed by atoms with van der Waals surface area (Å²) in [5.41, 5.74) is 1.60. The number of hydrogen-bond acceptors (Lipinski definition) is 3. The fraction of sp³-hybridized carbons (Fsp3) is 0.350. The van der Waals surface area contributed by atoms with Gasteiger partial charge in [0.1, 0.15) is 11.5 Å². The Hall–Kier alpha value is -2.90. The average Bonchev–Trinajstić information content (AvgIpc) is 3.43. The van der Waals surface area contributed by atoms with Gasteiger partial charge in [0, 0.05) is 25.6 Å². The number of rotatable bonds is 6. The highest BCUT2D eigenvalue weighted by molar-refractivity contribution is 5.80. The van der Waals surface area contributed by atoms with Gasteiger partial charge in [-0.05, 0) is 35.7 Å². The molecule has 0 saturated heterocycles. The Morgan fingerprint density at radius 2 is 1.86 bits per heavy atom. The first-order valence-electron chi connectivity index (χ1n) is 8.84. The molecule has 0 heterocycles. The van der Waals surface area contributed by atoms with Gasteiger partial charge in [0.2, 0.25) is 0 Å². The zero-order valence-electron chi connectivity index (χ0n) is 15.6. The molecule has 1 aliphatic rings. The molecule has 1 aliphatic carbocycles. The molecule has 1 fully saturated rings. The van der Waals surface area contributed by atoms with Crippen LogP contribution in [0.1, 0.15) is 23.5 Å². The largest absolute Gasteiger partial charge is 0.573 e. The van der Waals surface area contributed by atoms with Crippen LogP contribution in [0.15, 0.2) is 53.5 Å². The molecule has 8 heteroatoms. The van der Waals surface area contributed by atoms with Crippen LogP contribution < -0.4 is 20.1 Å². The lowest BCUT2D eigenvalue weighted by molar-refractivity contribution is -0.274. The van der Waals surface area contributed by atoms with Crippen LogP contribution in [0.2, 0.25) is 0 Å². The molecule has 2 atom stereocenters. The molecule has 0 aliphatic heterocycles. The van der Waals surface area contributed by atoms with Crippen molar-refractivity contribution in [3.05, 3.63) is 59.7 Å². The highest BCUT2D eigenvalue weighted by atomic mass is 19.4. The molecule has 2 aromatic rings. The highest BCUT2D eigenvalue weighted by Crippen LogP contribution is 2.45. The maximum Gasteiger partial charge on any atom is 0.573 e. The summed E-state index contributed by atoms with van der Waals surface area (Å²) in [6.45, 7) is 0.564. The van der Waals surface area contributed by atoms with E-state index in [-0.39, 0.29) is 17.7 Å². The van der Waals surface area contributed by atoms with E-state index in [0.717, 1.165) is 11.3 Å². The van der Waals surface area contributed by atoms with Crippen LogP contribution in [0, 0.1) is 0 Å². The van der Waals surface area contributed by atoms with Crippen molar-refractivity contribution in [1.29, 1.82) is 0 Å². The molecule has 2 unspecified atom stereocenters. The zero-order valence-corrected chi connectivity index (χ0v) is 15.6. The standard InChI is InChI=1S/C20H22F3N3O2/c1-24-19(25-12-13-7-9-14(27-2)10-8-13)26-17-11-16(17)15-5-3-4-6-18(15)28-20(21,22)23/h3-10,16-17H,11-12H2,1-2H3,(H2,24,25,26). The average molecular weight is 393 g/mol. The lowest BCUT2D eigenvalue weighted by Gasteiger charge is -2.14. The first-order chi connectivity index (χ1) is 13.4. The Morgan fingerprint density at radius 1 is 1.14 bits per heavy atom. The fourth-order valence-corrected chi connectivity index (χ4v) is 3.00. The number of nitrogens with zero attached hydrogens (tertiary/aromatic N) is 1. The van der Waals surface area contributed by atoms with E-state index < -0.39 is 6.36 Å². The minimum Gasteiger partial charge on any atom is -0.497 e. The third-order valence-corrected chi connectivity index (χ3v) is 4.50. The minimum absolute atomic E-state index is 0.0000473. The Morgan fingerprint density at radius 3 is 2.50 bits per heavy atom. The van der Waals surface area contributed by atoms with Crippen LogP contribution in [0.5, 0.6) is 11.5 Å². The number of methoxy groups -OCH3 is 1. The van der Waals surface area contributed by atoms with Gasteiger partial charge in [-0.1, -0.05) is 30.3 Å². The van der Waals surface area contributed by atoms with E-state index in [9.17, 15) is 13.2 Å². The molecule has 0 amide bonds. The Kier molecular flexibility index (Phi) is 5.96. The first kappa shape index (κ1) is 19.9. The Balaban J connectivity index is 1.56. The second-order valence-electron chi connectivity index (χ2n) is 6.45. The molecule has 5 nitrogen and oxygen atoms in total. The number of para-hydroxylation sites is 1. The van der Waals surface area contributed by atoms with Gasteiger partial charge in [0.25, 0.3) is 0 Å². The van der Waals surface area contributed by atoms with E-state index >= 15 is 0 Å².